The monoisotopic (exact) mass is 290 g/mol. The van der Waals surface area contributed by atoms with Gasteiger partial charge in [-0.1, -0.05) is 0 Å². The number of aliphatic hydroxyl groups is 1. The second-order valence-corrected chi connectivity index (χ2v) is 5.49. The van der Waals surface area contributed by atoms with E-state index >= 15 is 0 Å². The lowest BCUT2D eigenvalue weighted by atomic mass is 10.2. The van der Waals surface area contributed by atoms with Crippen LogP contribution in [-0.4, -0.2) is 57.7 Å². The van der Waals surface area contributed by atoms with Crippen molar-refractivity contribution in [2.75, 3.05) is 26.2 Å². The van der Waals surface area contributed by atoms with E-state index in [2.05, 4.69) is 11.0 Å². The van der Waals surface area contributed by atoms with Crippen LogP contribution < -0.4 is 0 Å². The Kier molecular flexibility index (Phi) is 4.99. The molecular weight excluding hydrogens is 268 g/mol. The Morgan fingerprint density at radius 2 is 2.24 bits per heavy atom. The summed E-state index contributed by atoms with van der Waals surface area (Å²) in [6.45, 7) is 7.29. The van der Waals surface area contributed by atoms with Crippen LogP contribution in [0.4, 0.5) is 0 Å². The summed E-state index contributed by atoms with van der Waals surface area (Å²) >= 11 is 0. The Hall–Kier alpha value is -1.84. The number of hydrogen-bond donors (Lipinski definition) is 1. The van der Waals surface area contributed by atoms with Gasteiger partial charge in [0.25, 0.3) is 0 Å². The second kappa shape index (κ2) is 6.74. The van der Waals surface area contributed by atoms with E-state index in [9.17, 15) is 9.90 Å². The van der Waals surface area contributed by atoms with E-state index in [1.807, 2.05) is 23.8 Å². The number of aliphatic hydroxyl groups excluding tert-OH is 1. The van der Waals surface area contributed by atoms with Crippen LogP contribution >= 0.6 is 0 Å². The van der Waals surface area contributed by atoms with Crippen molar-refractivity contribution in [1.82, 2.24) is 14.4 Å². The third-order valence-corrected chi connectivity index (χ3v) is 3.85. The van der Waals surface area contributed by atoms with Crippen molar-refractivity contribution < 1.29 is 9.90 Å². The highest BCUT2D eigenvalue weighted by Crippen LogP contribution is 2.13. The van der Waals surface area contributed by atoms with E-state index in [4.69, 9.17) is 5.26 Å². The lowest BCUT2D eigenvalue weighted by Crippen LogP contribution is -2.36. The summed E-state index contributed by atoms with van der Waals surface area (Å²) in [7, 11) is 0. The first-order chi connectivity index (χ1) is 10.0. The van der Waals surface area contributed by atoms with Gasteiger partial charge < -0.3 is 14.6 Å². The van der Waals surface area contributed by atoms with Gasteiger partial charge in [-0.2, -0.15) is 5.26 Å². The van der Waals surface area contributed by atoms with Crippen molar-refractivity contribution in [3.8, 4) is 6.07 Å². The van der Waals surface area contributed by atoms with Gasteiger partial charge in [0.2, 0.25) is 5.91 Å². The lowest BCUT2D eigenvalue weighted by Gasteiger charge is -2.20. The van der Waals surface area contributed by atoms with Crippen LogP contribution in [-0.2, 0) is 17.9 Å². The molecule has 0 aromatic carbocycles. The van der Waals surface area contributed by atoms with Gasteiger partial charge in [0.1, 0.15) is 11.8 Å². The molecule has 1 aromatic rings. The first-order valence-corrected chi connectivity index (χ1v) is 7.28. The fourth-order valence-electron chi connectivity index (χ4n) is 2.75. The average Bonchev–Trinajstić information content (AvgIpc) is 2.74. The molecule has 0 aliphatic carbocycles. The van der Waals surface area contributed by atoms with Crippen molar-refractivity contribution in [3.05, 3.63) is 23.5 Å². The number of nitrogens with zero attached hydrogens (tertiary/aromatic N) is 4. The first-order valence-electron chi connectivity index (χ1n) is 7.28. The van der Waals surface area contributed by atoms with Crippen molar-refractivity contribution >= 4 is 5.91 Å². The van der Waals surface area contributed by atoms with Crippen LogP contribution in [0.2, 0.25) is 0 Å². The van der Waals surface area contributed by atoms with E-state index in [1.165, 1.54) is 6.92 Å². The summed E-state index contributed by atoms with van der Waals surface area (Å²) in [4.78, 5) is 15.3. The molecule has 6 nitrogen and oxygen atoms in total. The van der Waals surface area contributed by atoms with E-state index in [1.54, 1.807) is 4.90 Å². The highest BCUT2D eigenvalue weighted by atomic mass is 16.3. The molecule has 1 atom stereocenters. The minimum Gasteiger partial charge on any atom is -0.390 e. The standard InChI is InChI=1S/C15H22N4O2/c1-3-18-9-13(6-14(18)7-16)8-17-4-5-19(12(2)20)11-15(21)10-17/h6,9,15,21H,3-5,8,10-11H2,1-2H3/t15-/m0/s1. The largest absolute Gasteiger partial charge is 0.390 e. The van der Waals surface area contributed by atoms with E-state index in [-0.39, 0.29) is 5.91 Å². The number of nitriles is 1. The number of carbonyl (C=O) groups is 1. The molecule has 1 fully saturated rings. The van der Waals surface area contributed by atoms with E-state index < -0.39 is 6.10 Å². The van der Waals surface area contributed by atoms with Crippen LogP contribution in [0, 0.1) is 11.3 Å². The maximum atomic E-state index is 11.4. The maximum absolute atomic E-state index is 11.4. The number of aromatic nitrogens is 1. The molecular formula is C15H22N4O2. The minimum atomic E-state index is -0.528. The Morgan fingerprint density at radius 3 is 2.81 bits per heavy atom. The van der Waals surface area contributed by atoms with Gasteiger partial charge >= 0.3 is 0 Å². The average molecular weight is 290 g/mol. The minimum absolute atomic E-state index is 0.000183. The lowest BCUT2D eigenvalue weighted by molar-refractivity contribution is -0.129. The molecule has 1 aromatic heterocycles. The zero-order chi connectivity index (χ0) is 15.4. The van der Waals surface area contributed by atoms with Gasteiger partial charge in [0.05, 0.1) is 6.10 Å². The molecule has 6 heteroatoms. The zero-order valence-corrected chi connectivity index (χ0v) is 12.6. The Bertz CT molecular complexity index is 546. The van der Waals surface area contributed by atoms with E-state index in [0.717, 1.165) is 18.7 Å². The molecule has 1 aliphatic heterocycles. The number of carbonyl (C=O) groups excluding carboxylic acids is 1. The maximum Gasteiger partial charge on any atom is 0.219 e. The summed E-state index contributed by atoms with van der Waals surface area (Å²) in [6.07, 6.45) is 1.46. The molecule has 0 saturated carbocycles. The summed E-state index contributed by atoms with van der Waals surface area (Å²) < 4.78 is 1.92. The zero-order valence-electron chi connectivity index (χ0n) is 12.6. The van der Waals surface area contributed by atoms with Gasteiger partial charge in [0.15, 0.2) is 0 Å². The smallest absolute Gasteiger partial charge is 0.219 e. The third-order valence-electron chi connectivity index (χ3n) is 3.85. The van der Waals surface area contributed by atoms with Crippen LogP contribution in [0.3, 0.4) is 0 Å². The van der Waals surface area contributed by atoms with Gasteiger partial charge in [-0.3, -0.25) is 9.69 Å². The number of amides is 1. The van der Waals surface area contributed by atoms with Crippen LogP contribution in [0.25, 0.3) is 0 Å². The Balaban J connectivity index is 2.04. The molecule has 2 rings (SSSR count). The normalized spacial score (nSPS) is 20.1. The molecule has 0 bridgehead atoms. The topological polar surface area (TPSA) is 72.5 Å². The third kappa shape index (κ3) is 3.84. The SMILES string of the molecule is CCn1cc(CN2CCN(C(C)=O)C[C@@H](O)C2)cc1C#N. The van der Waals surface area contributed by atoms with Gasteiger partial charge in [0, 0.05) is 52.4 Å². The molecule has 21 heavy (non-hydrogen) atoms. The highest BCUT2D eigenvalue weighted by molar-refractivity contribution is 5.73. The fraction of sp³-hybridized carbons (Fsp3) is 0.600. The van der Waals surface area contributed by atoms with Gasteiger partial charge in [-0.05, 0) is 18.6 Å². The molecule has 1 saturated heterocycles. The van der Waals surface area contributed by atoms with Crippen molar-refractivity contribution in [2.24, 2.45) is 0 Å². The van der Waals surface area contributed by atoms with Gasteiger partial charge in [-0.15, -0.1) is 0 Å². The van der Waals surface area contributed by atoms with Crippen molar-refractivity contribution in [1.29, 1.82) is 5.26 Å². The summed E-state index contributed by atoms with van der Waals surface area (Å²) in [6, 6.07) is 4.08. The highest BCUT2D eigenvalue weighted by Gasteiger charge is 2.22. The summed E-state index contributed by atoms with van der Waals surface area (Å²) in [5, 5.41) is 19.1. The quantitative estimate of drug-likeness (QED) is 0.875. The molecule has 2 heterocycles. The Labute approximate surface area is 125 Å². The van der Waals surface area contributed by atoms with Gasteiger partial charge in [-0.25, -0.2) is 0 Å². The molecule has 0 unspecified atom stereocenters. The van der Waals surface area contributed by atoms with Crippen LogP contribution in [0.1, 0.15) is 25.1 Å². The van der Waals surface area contributed by atoms with Crippen LogP contribution in [0.5, 0.6) is 0 Å². The Morgan fingerprint density at radius 1 is 1.48 bits per heavy atom. The van der Waals surface area contributed by atoms with Crippen molar-refractivity contribution in [3.63, 3.8) is 0 Å². The number of aryl methyl sites for hydroxylation is 1. The summed E-state index contributed by atoms with van der Waals surface area (Å²) in [5.74, 6) is -0.000183. The predicted octanol–water partition coefficient (Wildman–Crippen LogP) is 0.405. The molecule has 114 valence electrons. The number of rotatable bonds is 3. The number of hydrogen-bond acceptors (Lipinski definition) is 4. The predicted molar refractivity (Wildman–Crippen MR) is 78.4 cm³/mol. The van der Waals surface area contributed by atoms with E-state index in [0.29, 0.717) is 31.9 Å². The molecule has 0 spiro atoms. The van der Waals surface area contributed by atoms with Crippen LogP contribution in [0.15, 0.2) is 12.3 Å². The molecule has 0 radical (unpaired) electrons. The second-order valence-electron chi connectivity index (χ2n) is 5.49. The number of β-amino-alcohol motifs (C(OH)–C–C–N with tert-alkyl or cyclic N) is 1. The molecule has 1 N–H and O–H groups in total. The molecule has 1 aliphatic rings. The fourth-order valence-corrected chi connectivity index (χ4v) is 2.75. The van der Waals surface area contributed by atoms with Crippen molar-refractivity contribution in [2.45, 2.75) is 33.0 Å². The molecule has 1 amide bonds. The first kappa shape index (κ1) is 15.5. The summed E-state index contributed by atoms with van der Waals surface area (Å²) in [5.41, 5.74) is 1.73.